The zero-order chi connectivity index (χ0) is 21.8. The first kappa shape index (κ1) is 20.6. The number of fused-ring (bicyclic) bond motifs is 1. The Bertz CT molecular complexity index is 1020. The molecule has 1 aliphatic heterocycles. The van der Waals surface area contributed by atoms with Gasteiger partial charge >= 0.3 is 6.03 Å². The molecule has 2 aromatic rings. The van der Waals surface area contributed by atoms with Gasteiger partial charge in [0.15, 0.2) is 0 Å². The Hall–Kier alpha value is -2.62. The summed E-state index contributed by atoms with van der Waals surface area (Å²) in [6.07, 6.45) is 3.30. The SMILES string of the molecule is Cc1cc(C(C)(C)C)cc(C)c1CN1C(=O)N[C@](C)(c2ccc3c(c2)CCC3)C1=O. The van der Waals surface area contributed by atoms with E-state index in [1.54, 1.807) is 0 Å². The predicted octanol–water partition coefficient (Wildman–Crippen LogP) is 5.06. The quantitative estimate of drug-likeness (QED) is 0.727. The molecule has 2 aromatic carbocycles. The van der Waals surface area contributed by atoms with Gasteiger partial charge in [0.25, 0.3) is 5.91 Å². The van der Waals surface area contributed by atoms with Crippen molar-refractivity contribution in [2.45, 2.75) is 78.3 Å². The Balaban J connectivity index is 1.64. The highest BCUT2D eigenvalue weighted by Crippen LogP contribution is 2.34. The van der Waals surface area contributed by atoms with Crippen LogP contribution in [0.15, 0.2) is 30.3 Å². The minimum Gasteiger partial charge on any atom is -0.319 e. The number of rotatable bonds is 3. The summed E-state index contributed by atoms with van der Waals surface area (Å²) in [6, 6.07) is 10.3. The molecule has 0 radical (unpaired) electrons. The van der Waals surface area contributed by atoms with Crippen LogP contribution in [0.4, 0.5) is 4.79 Å². The molecule has 4 rings (SSSR count). The number of hydrogen-bond donors (Lipinski definition) is 1. The summed E-state index contributed by atoms with van der Waals surface area (Å²) < 4.78 is 0. The Morgan fingerprint density at radius 2 is 1.63 bits per heavy atom. The largest absolute Gasteiger partial charge is 0.325 e. The Kier molecular flexibility index (Phi) is 4.80. The van der Waals surface area contributed by atoms with Crippen LogP contribution in [0, 0.1) is 13.8 Å². The van der Waals surface area contributed by atoms with E-state index in [2.05, 4.69) is 64.2 Å². The van der Waals surface area contributed by atoms with Gasteiger partial charge in [-0.05, 0) is 84.4 Å². The first-order chi connectivity index (χ1) is 14.0. The fourth-order valence-corrected chi connectivity index (χ4v) is 4.75. The van der Waals surface area contributed by atoms with Crippen LogP contribution in [0.1, 0.15) is 73.1 Å². The molecule has 1 heterocycles. The van der Waals surface area contributed by atoms with Gasteiger partial charge in [-0.15, -0.1) is 0 Å². The Morgan fingerprint density at radius 3 is 2.27 bits per heavy atom. The number of hydrogen-bond acceptors (Lipinski definition) is 2. The van der Waals surface area contributed by atoms with Crippen LogP contribution in [-0.4, -0.2) is 16.8 Å². The van der Waals surface area contributed by atoms with Crippen LogP contribution < -0.4 is 5.32 Å². The summed E-state index contributed by atoms with van der Waals surface area (Å²) in [6.45, 7) is 12.8. The third-order valence-electron chi connectivity index (χ3n) is 6.83. The van der Waals surface area contributed by atoms with Gasteiger partial charge < -0.3 is 5.32 Å². The molecule has 30 heavy (non-hydrogen) atoms. The highest BCUT2D eigenvalue weighted by molar-refractivity contribution is 6.07. The van der Waals surface area contributed by atoms with Crippen LogP contribution in [0.3, 0.4) is 0 Å². The number of nitrogens with one attached hydrogen (secondary N) is 1. The van der Waals surface area contributed by atoms with E-state index in [9.17, 15) is 9.59 Å². The lowest BCUT2D eigenvalue weighted by molar-refractivity contribution is -0.131. The first-order valence-corrected chi connectivity index (χ1v) is 10.9. The number of aryl methyl sites for hydroxylation is 4. The Labute approximate surface area is 179 Å². The van der Waals surface area contributed by atoms with Crippen molar-refractivity contribution >= 4 is 11.9 Å². The average molecular weight is 405 g/mol. The molecule has 1 saturated heterocycles. The van der Waals surface area contributed by atoms with Crippen molar-refractivity contribution in [3.8, 4) is 0 Å². The lowest BCUT2D eigenvalue weighted by Crippen LogP contribution is -2.41. The smallest absolute Gasteiger partial charge is 0.319 e. The Morgan fingerprint density at radius 1 is 1.00 bits per heavy atom. The number of benzene rings is 2. The molecule has 0 unspecified atom stereocenters. The zero-order valence-electron chi connectivity index (χ0n) is 19.0. The first-order valence-electron chi connectivity index (χ1n) is 10.9. The second-order valence-corrected chi connectivity index (χ2v) is 10.1. The number of carbonyl (C=O) groups is 2. The summed E-state index contributed by atoms with van der Waals surface area (Å²) in [5.41, 5.74) is 7.13. The van der Waals surface area contributed by atoms with E-state index in [0.717, 1.165) is 41.5 Å². The topological polar surface area (TPSA) is 49.4 Å². The molecule has 2 aliphatic rings. The van der Waals surface area contributed by atoms with Gasteiger partial charge in [0.05, 0.1) is 6.54 Å². The molecule has 0 spiro atoms. The number of imide groups is 1. The van der Waals surface area contributed by atoms with Crippen LogP contribution in [-0.2, 0) is 35.1 Å². The molecule has 0 aromatic heterocycles. The van der Waals surface area contributed by atoms with Crippen LogP contribution in [0.5, 0.6) is 0 Å². The van der Waals surface area contributed by atoms with Crippen LogP contribution in [0.25, 0.3) is 0 Å². The fraction of sp³-hybridized carbons (Fsp3) is 0.462. The summed E-state index contributed by atoms with van der Waals surface area (Å²) >= 11 is 0. The van der Waals surface area contributed by atoms with E-state index in [-0.39, 0.29) is 17.4 Å². The molecule has 4 heteroatoms. The van der Waals surface area contributed by atoms with E-state index >= 15 is 0 Å². The molecule has 1 N–H and O–H groups in total. The van der Waals surface area contributed by atoms with Crippen molar-refractivity contribution in [2.75, 3.05) is 0 Å². The van der Waals surface area contributed by atoms with Crippen molar-refractivity contribution in [3.05, 3.63) is 69.3 Å². The molecule has 0 bridgehead atoms. The van der Waals surface area contributed by atoms with Gasteiger partial charge in [-0.3, -0.25) is 9.69 Å². The minimum atomic E-state index is -1.01. The van der Waals surface area contributed by atoms with Crippen molar-refractivity contribution in [1.82, 2.24) is 10.2 Å². The van der Waals surface area contributed by atoms with Crippen molar-refractivity contribution in [3.63, 3.8) is 0 Å². The zero-order valence-corrected chi connectivity index (χ0v) is 19.0. The average Bonchev–Trinajstić information content (AvgIpc) is 3.21. The highest BCUT2D eigenvalue weighted by Gasteiger charge is 2.49. The third-order valence-corrected chi connectivity index (χ3v) is 6.83. The lowest BCUT2D eigenvalue weighted by Gasteiger charge is -2.25. The van der Waals surface area contributed by atoms with Crippen molar-refractivity contribution in [1.29, 1.82) is 0 Å². The van der Waals surface area contributed by atoms with E-state index < -0.39 is 5.54 Å². The summed E-state index contributed by atoms with van der Waals surface area (Å²) in [4.78, 5) is 27.7. The van der Waals surface area contributed by atoms with E-state index in [1.807, 2.05) is 13.0 Å². The van der Waals surface area contributed by atoms with E-state index in [4.69, 9.17) is 0 Å². The summed E-state index contributed by atoms with van der Waals surface area (Å²) in [7, 11) is 0. The number of urea groups is 1. The van der Waals surface area contributed by atoms with Gasteiger partial charge in [-0.25, -0.2) is 4.79 Å². The number of nitrogens with zero attached hydrogens (tertiary/aromatic N) is 1. The second-order valence-electron chi connectivity index (χ2n) is 10.1. The monoisotopic (exact) mass is 404 g/mol. The maximum atomic E-state index is 13.4. The molecular weight excluding hydrogens is 372 g/mol. The molecule has 4 nitrogen and oxygen atoms in total. The molecule has 1 fully saturated rings. The summed E-state index contributed by atoms with van der Waals surface area (Å²) in [5.74, 6) is -0.177. The fourth-order valence-electron chi connectivity index (χ4n) is 4.75. The lowest BCUT2D eigenvalue weighted by atomic mass is 9.83. The molecule has 0 saturated carbocycles. The maximum Gasteiger partial charge on any atom is 0.325 e. The van der Waals surface area contributed by atoms with Gasteiger partial charge in [-0.1, -0.05) is 51.1 Å². The van der Waals surface area contributed by atoms with Gasteiger partial charge in [0, 0.05) is 0 Å². The van der Waals surface area contributed by atoms with Crippen molar-refractivity contribution < 1.29 is 9.59 Å². The van der Waals surface area contributed by atoms with E-state index in [0.29, 0.717) is 6.54 Å². The summed E-state index contributed by atoms with van der Waals surface area (Å²) in [5, 5.41) is 2.97. The van der Waals surface area contributed by atoms with Crippen LogP contribution in [0.2, 0.25) is 0 Å². The normalized spacial score (nSPS) is 21.2. The highest BCUT2D eigenvalue weighted by atomic mass is 16.2. The van der Waals surface area contributed by atoms with E-state index in [1.165, 1.54) is 21.6 Å². The molecular formula is C26H32N2O2. The predicted molar refractivity (Wildman–Crippen MR) is 120 cm³/mol. The van der Waals surface area contributed by atoms with Gasteiger partial charge in [-0.2, -0.15) is 0 Å². The van der Waals surface area contributed by atoms with Gasteiger partial charge in [0.1, 0.15) is 5.54 Å². The molecule has 158 valence electrons. The number of carbonyl (C=O) groups excluding carboxylic acids is 2. The maximum absolute atomic E-state index is 13.4. The molecule has 1 atom stereocenters. The minimum absolute atomic E-state index is 0.0566. The number of amides is 3. The second kappa shape index (κ2) is 6.97. The standard InChI is InChI=1S/C26H32N2O2/c1-16-12-21(25(3,4)5)13-17(2)22(16)15-28-23(29)26(6,27-24(28)30)20-11-10-18-8-7-9-19(18)14-20/h10-14H,7-9,15H2,1-6H3,(H,27,30)/t26-/m1/s1. The van der Waals surface area contributed by atoms with Crippen LogP contribution >= 0.6 is 0 Å². The molecule has 1 aliphatic carbocycles. The van der Waals surface area contributed by atoms with Gasteiger partial charge in [0.2, 0.25) is 0 Å². The van der Waals surface area contributed by atoms with Crippen molar-refractivity contribution in [2.24, 2.45) is 0 Å². The molecule has 3 amide bonds. The third kappa shape index (κ3) is 3.32.